The van der Waals surface area contributed by atoms with Crippen LogP contribution in [0, 0.1) is 19.7 Å². The lowest BCUT2D eigenvalue weighted by Gasteiger charge is -2.19. The Morgan fingerprint density at radius 3 is 2.42 bits per heavy atom. The smallest absolute Gasteiger partial charge is 0.421 e. The van der Waals surface area contributed by atoms with E-state index >= 15 is 0 Å². The number of halogens is 1. The number of aryl methyl sites for hydroxylation is 1. The van der Waals surface area contributed by atoms with Crippen molar-refractivity contribution in [2.45, 2.75) is 91.6 Å². The summed E-state index contributed by atoms with van der Waals surface area (Å²) in [6.45, 7) is 14.2. The van der Waals surface area contributed by atoms with Crippen LogP contribution in [0.5, 0.6) is 0 Å². The van der Waals surface area contributed by atoms with Crippen molar-refractivity contribution >= 4 is 58.5 Å². The fraction of sp³-hybridized carbons (Fsp3) is 0.464. The molecule has 2 unspecified atom stereocenters. The molecule has 0 saturated heterocycles. The molecule has 1 aromatic heterocycles. The Bertz CT molecular complexity index is 2680. The number of Topliss-reactive ketones (excluding diaryl/α,β-unsaturated/α-hetero) is 1. The molecule has 0 saturated carbocycles. The van der Waals surface area contributed by atoms with E-state index in [0.717, 1.165) is 30.5 Å². The predicted octanol–water partition coefficient (Wildman–Crippen LogP) is 7.71. The molecule has 74 heavy (non-hydrogen) atoms. The number of amides is 5. The number of H-pyrrole nitrogens is 1. The van der Waals surface area contributed by atoms with Gasteiger partial charge in [-0.15, -0.1) is 0 Å². The summed E-state index contributed by atoms with van der Waals surface area (Å²) in [7, 11) is 1.62. The number of fused-ring (bicyclic) bond motifs is 4. The molecule has 1 aliphatic carbocycles. The van der Waals surface area contributed by atoms with Gasteiger partial charge in [-0.05, 0) is 124 Å². The van der Waals surface area contributed by atoms with E-state index in [0.29, 0.717) is 121 Å². The van der Waals surface area contributed by atoms with Crippen LogP contribution in [0.4, 0.5) is 20.6 Å². The number of hydrogen-bond donors (Lipinski definition) is 5. The Morgan fingerprint density at radius 2 is 1.66 bits per heavy atom. The number of nitrogens with one attached hydrogen (secondary N) is 4. The fourth-order valence-corrected chi connectivity index (χ4v) is 9.37. The first-order valence-corrected chi connectivity index (χ1v) is 25.6. The van der Waals surface area contributed by atoms with Gasteiger partial charge in [-0.2, -0.15) is 0 Å². The van der Waals surface area contributed by atoms with Crippen LogP contribution in [0.1, 0.15) is 126 Å². The third-order valence-corrected chi connectivity index (χ3v) is 13.3. The van der Waals surface area contributed by atoms with E-state index in [-0.39, 0.29) is 78.9 Å². The van der Waals surface area contributed by atoms with E-state index in [1.165, 1.54) is 18.2 Å². The molecule has 0 spiro atoms. The van der Waals surface area contributed by atoms with Crippen molar-refractivity contribution in [1.29, 1.82) is 0 Å². The van der Waals surface area contributed by atoms with E-state index in [1.807, 2.05) is 19.1 Å². The van der Waals surface area contributed by atoms with Crippen molar-refractivity contribution in [2.24, 2.45) is 0 Å². The van der Waals surface area contributed by atoms with Crippen molar-refractivity contribution in [1.82, 2.24) is 20.5 Å². The number of nitrogens with zero attached hydrogens (tertiary/aromatic N) is 2. The molecule has 0 radical (unpaired) electrons. The highest BCUT2D eigenvalue weighted by Gasteiger charge is 2.40. The number of anilines is 2. The lowest BCUT2D eigenvalue weighted by Crippen LogP contribution is -2.35. The maximum Gasteiger partial charge on any atom is 0.421 e. The second-order valence-corrected chi connectivity index (χ2v) is 18.4. The maximum atomic E-state index is 14.9. The van der Waals surface area contributed by atoms with Crippen molar-refractivity contribution in [2.75, 3.05) is 89.7 Å². The molecular weight excluding hydrogens is 952 g/mol. The molecule has 4 aromatic rings. The topological polar surface area (TPSA) is 218 Å². The number of aliphatic hydroxyl groups is 1. The zero-order chi connectivity index (χ0) is 53.3. The van der Waals surface area contributed by atoms with Gasteiger partial charge in [0.25, 0.3) is 11.8 Å². The van der Waals surface area contributed by atoms with Crippen LogP contribution in [-0.4, -0.2) is 136 Å². The third kappa shape index (κ3) is 14.4. The molecule has 2 atom stereocenters. The highest BCUT2D eigenvalue weighted by molar-refractivity contribution is 6.41. The van der Waals surface area contributed by atoms with Crippen LogP contribution in [0.25, 0.3) is 22.8 Å². The number of aliphatic hydroxyl groups excluding tert-OH is 1. The summed E-state index contributed by atoms with van der Waals surface area (Å²) in [4.78, 5) is 87.9. The number of likely N-dealkylation sites (N-methyl/N-ethyl adjacent to an activating group) is 1. The number of benzene rings is 3. The monoisotopic (exact) mass is 1020 g/mol. The van der Waals surface area contributed by atoms with Gasteiger partial charge in [0.15, 0.2) is 5.78 Å². The second kappa shape index (κ2) is 27.6. The van der Waals surface area contributed by atoms with Crippen molar-refractivity contribution < 1.29 is 57.2 Å². The lowest BCUT2D eigenvalue weighted by atomic mass is 9.93. The van der Waals surface area contributed by atoms with Crippen molar-refractivity contribution in [3.63, 3.8) is 0 Å². The van der Waals surface area contributed by atoms with E-state index < -0.39 is 23.7 Å². The minimum atomic E-state index is -1.01. The van der Waals surface area contributed by atoms with Crippen LogP contribution in [-0.2, 0) is 33.3 Å². The fourth-order valence-electron chi connectivity index (χ4n) is 9.37. The highest BCUT2D eigenvalue weighted by atomic mass is 19.1. The Balaban J connectivity index is 1.20. The SMILES string of the molecule is CCN(CC)CCNC(=O)c1c(C)[nH]c(/C=C2\C(=O)N(C(=O)OCC3c4cc(NC(=O)CCCC(=O)NCCOCCCOC)ccc4-c4c(C(=O)CCCOC(C)CCO)cccc43)c3ccc(F)cc32)c1C. The van der Waals surface area contributed by atoms with Crippen molar-refractivity contribution in [3.8, 4) is 11.1 Å². The number of imide groups is 1. The van der Waals surface area contributed by atoms with Gasteiger partial charge < -0.3 is 49.9 Å². The number of rotatable bonds is 29. The number of carbonyl (C=O) groups excluding carboxylic acids is 6. The quantitative estimate of drug-likeness (QED) is 0.0201. The van der Waals surface area contributed by atoms with E-state index in [9.17, 15) is 38.3 Å². The van der Waals surface area contributed by atoms with E-state index in [4.69, 9.17) is 18.9 Å². The first kappa shape index (κ1) is 56.7. The summed E-state index contributed by atoms with van der Waals surface area (Å²) in [5.74, 6) is -2.94. The summed E-state index contributed by atoms with van der Waals surface area (Å²) in [6.07, 6.45) is 2.74. The number of aromatic amines is 1. The molecule has 3 aromatic carbocycles. The van der Waals surface area contributed by atoms with Crippen LogP contribution < -0.4 is 20.9 Å². The number of methoxy groups -OCH3 is 1. The normalized spacial score (nSPS) is 14.5. The van der Waals surface area contributed by atoms with Gasteiger partial charge in [-0.1, -0.05) is 38.1 Å². The second-order valence-electron chi connectivity index (χ2n) is 18.4. The maximum absolute atomic E-state index is 14.9. The highest BCUT2D eigenvalue weighted by Crippen LogP contribution is 2.48. The van der Waals surface area contributed by atoms with Gasteiger partial charge in [-0.25, -0.2) is 14.1 Å². The number of carbonyl (C=O) groups is 6. The van der Waals surface area contributed by atoms with E-state index in [2.05, 4.69) is 39.7 Å². The van der Waals surface area contributed by atoms with Crippen LogP contribution >= 0.6 is 0 Å². The van der Waals surface area contributed by atoms with Crippen LogP contribution in [0.15, 0.2) is 54.6 Å². The van der Waals surface area contributed by atoms with Gasteiger partial charge in [0.1, 0.15) is 12.4 Å². The summed E-state index contributed by atoms with van der Waals surface area (Å²) in [5, 5.41) is 18.0. The van der Waals surface area contributed by atoms with Crippen LogP contribution in [0.2, 0.25) is 0 Å². The average molecular weight is 1020 g/mol. The Labute approximate surface area is 432 Å². The number of ketones is 1. The van der Waals surface area contributed by atoms with Gasteiger partial charge >= 0.3 is 6.09 Å². The van der Waals surface area contributed by atoms with Gasteiger partial charge in [-0.3, -0.25) is 24.0 Å². The van der Waals surface area contributed by atoms with Gasteiger partial charge in [0.05, 0.1) is 29.5 Å². The molecule has 18 heteroatoms. The number of ether oxygens (including phenoxy) is 4. The van der Waals surface area contributed by atoms with Gasteiger partial charge in [0, 0.05) is 107 Å². The minimum Gasteiger partial charge on any atom is -0.448 e. The lowest BCUT2D eigenvalue weighted by molar-refractivity contribution is -0.121. The Morgan fingerprint density at radius 1 is 0.878 bits per heavy atom. The molecule has 1 aliphatic heterocycles. The average Bonchev–Trinajstić information content (AvgIpc) is 3.96. The standard InChI is InChI=1S/C56H71FN6O11/c1-7-62(8-2)25-23-59-54(68)52-36(4)47(60-37(52)5)33-45-44-31-38(57)18-21-48(44)63(55(45)69)56(70)74-34-46-40-13-9-14-42(49(65)15-11-29-73-35(3)22-26-64)53(40)41-20-19-39(32-43(41)46)61-51(67)17-10-16-50(66)58-24-30-72-28-12-27-71-6/h9,13-14,18-21,31-33,35,46,60,64H,7-8,10-12,15-17,22-30,34H2,1-6H3,(H,58,66)(H,59,68)(H,61,67)/b45-33-. The molecule has 5 amide bonds. The molecule has 5 N–H and O–H groups in total. The summed E-state index contributed by atoms with van der Waals surface area (Å²) >= 11 is 0. The zero-order valence-electron chi connectivity index (χ0n) is 43.5. The van der Waals surface area contributed by atoms with Crippen LogP contribution in [0.3, 0.4) is 0 Å². The molecular formula is C56H71FN6O11. The first-order chi connectivity index (χ1) is 35.7. The molecule has 0 bridgehead atoms. The number of hydrogen-bond acceptors (Lipinski definition) is 12. The largest absolute Gasteiger partial charge is 0.448 e. The molecule has 6 rings (SSSR count). The summed E-state index contributed by atoms with van der Waals surface area (Å²) < 4.78 is 37.2. The molecule has 2 heterocycles. The minimum absolute atomic E-state index is 0.00206. The third-order valence-electron chi connectivity index (χ3n) is 13.3. The first-order valence-electron chi connectivity index (χ1n) is 25.6. The predicted molar refractivity (Wildman–Crippen MR) is 281 cm³/mol. The van der Waals surface area contributed by atoms with Gasteiger partial charge in [0.2, 0.25) is 11.8 Å². The Kier molecular flexibility index (Phi) is 21.2. The number of aromatic nitrogens is 1. The molecule has 17 nitrogen and oxygen atoms in total. The zero-order valence-corrected chi connectivity index (χ0v) is 43.5. The van der Waals surface area contributed by atoms with Crippen molar-refractivity contribution in [3.05, 3.63) is 105 Å². The molecule has 0 fully saturated rings. The summed E-state index contributed by atoms with van der Waals surface area (Å²) in [5.41, 5.74) is 5.94. The summed E-state index contributed by atoms with van der Waals surface area (Å²) in [6, 6.07) is 14.3. The molecule has 398 valence electrons. The Hall–Kier alpha value is -6.57. The molecule has 2 aliphatic rings. The van der Waals surface area contributed by atoms with E-state index in [1.54, 1.807) is 45.2 Å².